The third-order valence-electron chi connectivity index (χ3n) is 1.80. The smallest absolute Gasteiger partial charge is 1.00 e. The van der Waals surface area contributed by atoms with E-state index in [9.17, 15) is 0 Å². The van der Waals surface area contributed by atoms with Gasteiger partial charge >= 0.3 is 29.6 Å². The van der Waals surface area contributed by atoms with Gasteiger partial charge in [0.2, 0.25) is 0 Å². The van der Waals surface area contributed by atoms with Crippen molar-refractivity contribution in [3.8, 4) is 0 Å². The summed E-state index contributed by atoms with van der Waals surface area (Å²) in [5.41, 5.74) is 0. The fraction of sp³-hybridized carbons (Fsp3) is 1.00. The van der Waals surface area contributed by atoms with Crippen LogP contribution in [0.5, 0.6) is 0 Å². The molecule has 0 aliphatic rings. The molecule has 58 valence electrons. The molecular weight excluding hydrogens is 135 g/mol. The molecule has 0 aromatic rings. The van der Waals surface area contributed by atoms with Crippen molar-refractivity contribution in [2.45, 2.75) is 39.5 Å². The second-order valence-corrected chi connectivity index (χ2v) is 2.60. The Morgan fingerprint density at radius 1 is 1.40 bits per heavy atom. The summed E-state index contributed by atoms with van der Waals surface area (Å²) in [7, 11) is 0. The van der Waals surface area contributed by atoms with Crippen molar-refractivity contribution in [1.29, 1.82) is 0 Å². The van der Waals surface area contributed by atoms with Crippen LogP contribution in [0.3, 0.4) is 0 Å². The van der Waals surface area contributed by atoms with Gasteiger partial charge < -0.3 is 6.53 Å². The van der Waals surface area contributed by atoms with E-state index < -0.39 is 0 Å². The number of rotatable bonds is 5. The van der Waals surface area contributed by atoms with Crippen LogP contribution in [0.4, 0.5) is 0 Å². The van der Waals surface area contributed by atoms with Crippen LogP contribution in [0.15, 0.2) is 0 Å². The summed E-state index contributed by atoms with van der Waals surface area (Å²) in [6.45, 7) is 4.69. The van der Waals surface area contributed by atoms with Crippen molar-refractivity contribution in [3.63, 3.8) is 0 Å². The predicted molar refractivity (Wildman–Crippen MR) is 41.5 cm³/mol. The maximum absolute atomic E-state index is 8.75. The van der Waals surface area contributed by atoms with E-state index >= 15 is 0 Å². The maximum atomic E-state index is 8.75. The van der Waals surface area contributed by atoms with E-state index in [4.69, 9.17) is 5.11 Å². The first-order valence-corrected chi connectivity index (χ1v) is 3.96. The van der Waals surface area contributed by atoms with E-state index in [1.807, 2.05) is 0 Å². The van der Waals surface area contributed by atoms with Crippen LogP contribution in [0.1, 0.15) is 41.0 Å². The number of aliphatic hydroxyl groups is 1. The van der Waals surface area contributed by atoms with Crippen LogP contribution < -0.4 is 29.6 Å². The molecule has 0 fully saturated rings. The zero-order chi connectivity index (χ0) is 7.11. The van der Waals surface area contributed by atoms with Crippen molar-refractivity contribution in [1.82, 2.24) is 0 Å². The second kappa shape index (κ2) is 9.96. The van der Waals surface area contributed by atoms with E-state index in [1.165, 1.54) is 19.3 Å². The molecule has 0 aliphatic carbocycles. The molecule has 0 aromatic heterocycles. The van der Waals surface area contributed by atoms with E-state index in [0.717, 1.165) is 6.42 Å². The summed E-state index contributed by atoms with van der Waals surface area (Å²) in [4.78, 5) is 0. The Morgan fingerprint density at radius 2 is 2.00 bits per heavy atom. The summed E-state index contributed by atoms with van der Waals surface area (Å²) < 4.78 is 0. The standard InChI is InChI=1S/C8H18O.Na.H/c1-3-5-6-8(4-2)7-9;;/h8-9H,3-7H2,1-2H3;;/q;+1;-1. The van der Waals surface area contributed by atoms with Gasteiger partial charge in [-0.2, -0.15) is 0 Å². The molecule has 0 aromatic carbocycles. The molecular formula is C8H19NaO. The quantitative estimate of drug-likeness (QED) is 0.520. The fourth-order valence-corrected chi connectivity index (χ4v) is 0.917. The monoisotopic (exact) mass is 154 g/mol. The Labute approximate surface area is 88.0 Å². The van der Waals surface area contributed by atoms with Gasteiger partial charge in [-0.05, 0) is 12.3 Å². The van der Waals surface area contributed by atoms with Gasteiger partial charge in [-0.25, -0.2) is 0 Å². The first kappa shape index (κ1) is 13.5. The van der Waals surface area contributed by atoms with Gasteiger partial charge in [0, 0.05) is 6.61 Å². The first-order valence-electron chi connectivity index (χ1n) is 3.96. The van der Waals surface area contributed by atoms with E-state index in [1.54, 1.807) is 0 Å². The third kappa shape index (κ3) is 7.07. The Hall–Kier alpha value is 0.960. The van der Waals surface area contributed by atoms with Crippen molar-refractivity contribution in [3.05, 3.63) is 0 Å². The Kier molecular flexibility index (Phi) is 13.5. The molecule has 0 aliphatic heterocycles. The van der Waals surface area contributed by atoms with Crippen LogP contribution >= 0.6 is 0 Å². The molecule has 1 atom stereocenters. The minimum atomic E-state index is 0. The first-order chi connectivity index (χ1) is 4.35. The zero-order valence-corrected chi connectivity index (χ0v) is 9.56. The van der Waals surface area contributed by atoms with Gasteiger partial charge in [-0.1, -0.05) is 33.1 Å². The molecule has 10 heavy (non-hydrogen) atoms. The summed E-state index contributed by atoms with van der Waals surface area (Å²) in [5, 5.41) is 8.75. The summed E-state index contributed by atoms with van der Waals surface area (Å²) in [5.74, 6) is 0.560. The Morgan fingerprint density at radius 3 is 2.30 bits per heavy atom. The molecule has 0 saturated carbocycles. The molecule has 0 saturated heterocycles. The SMILES string of the molecule is CCCCC(CC)CO.[H-].[Na+]. The van der Waals surface area contributed by atoms with Crippen LogP contribution in [-0.2, 0) is 0 Å². The molecule has 1 nitrogen and oxygen atoms in total. The van der Waals surface area contributed by atoms with Crippen LogP contribution in [0, 0.1) is 5.92 Å². The van der Waals surface area contributed by atoms with Crippen LogP contribution in [-0.4, -0.2) is 11.7 Å². The number of hydrogen-bond donors (Lipinski definition) is 1. The van der Waals surface area contributed by atoms with Crippen molar-refractivity contribution in [2.75, 3.05) is 6.61 Å². The largest absolute Gasteiger partial charge is 1.00 e. The normalized spacial score (nSPS) is 12.3. The zero-order valence-electron chi connectivity index (χ0n) is 8.56. The van der Waals surface area contributed by atoms with Gasteiger partial charge in [0.1, 0.15) is 0 Å². The summed E-state index contributed by atoms with van der Waals surface area (Å²) >= 11 is 0. The summed E-state index contributed by atoms with van der Waals surface area (Å²) in [6.07, 6.45) is 4.83. The molecule has 0 heterocycles. The molecule has 0 bridgehead atoms. The van der Waals surface area contributed by atoms with Crippen molar-refractivity contribution >= 4 is 0 Å². The minimum absolute atomic E-state index is 0. The topological polar surface area (TPSA) is 20.2 Å². The molecule has 0 radical (unpaired) electrons. The minimum Gasteiger partial charge on any atom is -1.00 e. The predicted octanol–water partition coefficient (Wildman–Crippen LogP) is -0.688. The summed E-state index contributed by atoms with van der Waals surface area (Å²) in [6, 6.07) is 0. The fourth-order valence-electron chi connectivity index (χ4n) is 0.917. The molecule has 1 unspecified atom stereocenters. The molecule has 2 heteroatoms. The average Bonchev–Trinajstić information content (AvgIpc) is 1.91. The van der Waals surface area contributed by atoms with Crippen molar-refractivity contribution < 1.29 is 36.1 Å². The van der Waals surface area contributed by atoms with Gasteiger partial charge in [-0.3, -0.25) is 0 Å². The number of unbranched alkanes of at least 4 members (excludes halogenated alkanes) is 1. The Balaban J connectivity index is -0.000000320. The maximum Gasteiger partial charge on any atom is 1.00 e. The molecule has 1 N–H and O–H groups in total. The number of hydrogen-bond acceptors (Lipinski definition) is 1. The molecule has 0 amide bonds. The number of aliphatic hydroxyl groups excluding tert-OH is 1. The van der Waals surface area contributed by atoms with Gasteiger partial charge in [0.15, 0.2) is 0 Å². The van der Waals surface area contributed by atoms with Gasteiger partial charge in [0.25, 0.3) is 0 Å². The average molecular weight is 154 g/mol. The van der Waals surface area contributed by atoms with E-state index in [-0.39, 0.29) is 31.0 Å². The van der Waals surface area contributed by atoms with Crippen LogP contribution in [0.25, 0.3) is 0 Å². The van der Waals surface area contributed by atoms with Gasteiger partial charge in [0.05, 0.1) is 0 Å². The van der Waals surface area contributed by atoms with E-state index in [2.05, 4.69) is 13.8 Å². The molecule has 0 spiro atoms. The Bertz CT molecular complexity index is 58.1. The molecule has 0 rings (SSSR count). The van der Waals surface area contributed by atoms with Crippen LogP contribution in [0.2, 0.25) is 0 Å². The third-order valence-corrected chi connectivity index (χ3v) is 1.80. The van der Waals surface area contributed by atoms with Crippen molar-refractivity contribution in [2.24, 2.45) is 5.92 Å². The second-order valence-electron chi connectivity index (χ2n) is 2.60. The van der Waals surface area contributed by atoms with E-state index in [0.29, 0.717) is 12.5 Å². The van der Waals surface area contributed by atoms with Gasteiger partial charge in [-0.15, -0.1) is 0 Å².